The van der Waals surface area contributed by atoms with Gasteiger partial charge in [0.1, 0.15) is 0 Å². The van der Waals surface area contributed by atoms with Gasteiger partial charge in [0.2, 0.25) is 0 Å². The van der Waals surface area contributed by atoms with Crippen LogP contribution in [0.4, 0.5) is 0 Å². The lowest BCUT2D eigenvalue weighted by atomic mass is 9.87. The fourth-order valence-corrected chi connectivity index (χ4v) is 2.92. The van der Waals surface area contributed by atoms with Crippen molar-refractivity contribution in [2.24, 2.45) is 0 Å². The molecule has 0 aromatic heterocycles. The smallest absolute Gasteiger partial charge is 0.0334 e. The van der Waals surface area contributed by atoms with E-state index in [9.17, 15) is 0 Å². The standard InChI is InChI=1S/C10H20N2/c1-2-12-8-4-6-10(12)5-3-7-11-9-10/h11H,2-9H2,1H3. The van der Waals surface area contributed by atoms with E-state index >= 15 is 0 Å². The molecule has 2 heteroatoms. The minimum Gasteiger partial charge on any atom is -0.315 e. The molecule has 2 aliphatic heterocycles. The van der Waals surface area contributed by atoms with Gasteiger partial charge in [-0.15, -0.1) is 0 Å². The molecule has 1 unspecified atom stereocenters. The Bertz CT molecular complexity index is 150. The van der Waals surface area contributed by atoms with Gasteiger partial charge in [0, 0.05) is 12.1 Å². The van der Waals surface area contributed by atoms with Crippen molar-refractivity contribution in [1.29, 1.82) is 0 Å². The van der Waals surface area contributed by atoms with E-state index in [0.29, 0.717) is 5.54 Å². The molecule has 2 fully saturated rings. The molecular formula is C10H20N2. The predicted octanol–water partition coefficient (Wildman–Crippen LogP) is 1.22. The molecule has 2 nitrogen and oxygen atoms in total. The van der Waals surface area contributed by atoms with E-state index in [2.05, 4.69) is 17.1 Å². The van der Waals surface area contributed by atoms with Gasteiger partial charge in [-0.1, -0.05) is 6.92 Å². The van der Waals surface area contributed by atoms with Crippen molar-refractivity contribution >= 4 is 0 Å². The lowest BCUT2D eigenvalue weighted by Gasteiger charge is -2.41. The maximum Gasteiger partial charge on any atom is 0.0334 e. The summed E-state index contributed by atoms with van der Waals surface area (Å²) < 4.78 is 0. The summed E-state index contributed by atoms with van der Waals surface area (Å²) in [6.45, 7) is 7.34. The van der Waals surface area contributed by atoms with E-state index in [4.69, 9.17) is 0 Å². The maximum atomic E-state index is 3.54. The highest BCUT2D eigenvalue weighted by atomic mass is 15.2. The molecule has 0 amide bonds. The van der Waals surface area contributed by atoms with Crippen molar-refractivity contribution in [1.82, 2.24) is 10.2 Å². The van der Waals surface area contributed by atoms with E-state index in [0.717, 1.165) is 0 Å². The van der Waals surface area contributed by atoms with Crippen LogP contribution in [0.5, 0.6) is 0 Å². The molecule has 0 aliphatic carbocycles. The second-order valence-corrected chi connectivity index (χ2v) is 4.19. The summed E-state index contributed by atoms with van der Waals surface area (Å²) in [4.78, 5) is 2.68. The summed E-state index contributed by atoms with van der Waals surface area (Å²) in [6.07, 6.45) is 5.63. The zero-order chi connectivity index (χ0) is 8.44. The Balaban J connectivity index is 2.05. The number of rotatable bonds is 1. The van der Waals surface area contributed by atoms with Crippen molar-refractivity contribution in [3.8, 4) is 0 Å². The summed E-state index contributed by atoms with van der Waals surface area (Å²) in [7, 11) is 0. The molecule has 0 aromatic carbocycles. The summed E-state index contributed by atoms with van der Waals surface area (Å²) in [6, 6.07) is 0. The first-order valence-corrected chi connectivity index (χ1v) is 5.33. The van der Waals surface area contributed by atoms with Crippen molar-refractivity contribution < 1.29 is 0 Å². The van der Waals surface area contributed by atoms with Crippen molar-refractivity contribution in [2.75, 3.05) is 26.2 Å². The average molecular weight is 168 g/mol. The Hall–Kier alpha value is -0.0800. The SMILES string of the molecule is CCN1CCCC12CCCNC2. The molecule has 1 spiro atoms. The van der Waals surface area contributed by atoms with Crippen LogP contribution < -0.4 is 5.32 Å². The Morgan fingerprint density at radius 3 is 2.83 bits per heavy atom. The third kappa shape index (κ3) is 1.27. The molecule has 12 heavy (non-hydrogen) atoms. The molecule has 70 valence electrons. The minimum atomic E-state index is 0.562. The van der Waals surface area contributed by atoms with Gasteiger partial charge in [-0.05, 0) is 45.3 Å². The van der Waals surface area contributed by atoms with Gasteiger partial charge in [-0.2, -0.15) is 0 Å². The third-order valence-electron chi connectivity index (χ3n) is 3.57. The first kappa shape index (κ1) is 8.52. The molecule has 0 aromatic rings. The fraction of sp³-hybridized carbons (Fsp3) is 1.00. The summed E-state index contributed by atoms with van der Waals surface area (Å²) in [5.74, 6) is 0. The van der Waals surface area contributed by atoms with Gasteiger partial charge >= 0.3 is 0 Å². The second-order valence-electron chi connectivity index (χ2n) is 4.19. The van der Waals surface area contributed by atoms with Gasteiger partial charge in [0.25, 0.3) is 0 Å². The van der Waals surface area contributed by atoms with Crippen molar-refractivity contribution in [2.45, 2.75) is 38.1 Å². The Kier molecular flexibility index (Phi) is 2.37. The lowest BCUT2D eigenvalue weighted by Crippen LogP contribution is -2.54. The lowest BCUT2D eigenvalue weighted by molar-refractivity contribution is 0.111. The number of likely N-dealkylation sites (tertiary alicyclic amines) is 1. The minimum absolute atomic E-state index is 0.562. The van der Waals surface area contributed by atoms with E-state index < -0.39 is 0 Å². The van der Waals surface area contributed by atoms with Gasteiger partial charge < -0.3 is 5.32 Å². The van der Waals surface area contributed by atoms with Gasteiger partial charge in [0.05, 0.1) is 0 Å². The van der Waals surface area contributed by atoms with E-state index in [1.807, 2.05) is 0 Å². The van der Waals surface area contributed by atoms with Gasteiger partial charge in [0.15, 0.2) is 0 Å². The van der Waals surface area contributed by atoms with Gasteiger partial charge in [-0.25, -0.2) is 0 Å². The van der Waals surface area contributed by atoms with Crippen molar-refractivity contribution in [3.63, 3.8) is 0 Å². The number of piperidine rings is 1. The first-order valence-electron chi connectivity index (χ1n) is 5.33. The number of nitrogens with one attached hydrogen (secondary N) is 1. The molecule has 0 saturated carbocycles. The Labute approximate surface area is 75.3 Å². The van der Waals surface area contributed by atoms with Crippen LogP contribution in [0.1, 0.15) is 32.6 Å². The summed E-state index contributed by atoms with van der Waals surface area (Å²) >= 11 is 0. The zero-order valence-corrected chi connectivity index (χ0v) is 8.10. The van der Waals surface area contributed by atoms with Crippen molar-refractivity contribution in [3.05, 3.63) is 0 Å². The monoisotopic (exact) mass is 168 g/mol. The Morgan fingerprint density at radius 2 is 2.17 bits per heavy atom. The molecule has 0 radical (unpaired) electrons. The third-order valence-corrected chi connectivity index (χ3v) is 3.57. The molecule has 1 N–H and O–H groups in total. The second kappa shape index (κ2) is 3.35. The number of hydrogen-bond acceptors (Lipinski definition) is 2. The highest BCUT2D eigenvalue weighted by Gasteiger charge is 2.40. The zero-order valence-electron chi connectivity index (χ0n) is 8.10. The van der Waals surface area contributed by atoms with Crippen LogP contribution in [0.15, 0.2) is 0 Å². The fourth-order valence-electron chi connectivity index (χ4n) is 2.92. The largest absolute Gasteiger partial charge is 0.315 e. The number of nitrogens with zero attached hydrogens (tertiary/aromatic N) is 1. The first-order chi connectivity index (χ1) is 5.87. The van der Waals surface area contributed by atoms with Crippen LogP contribution in [-0.4, -0.2) is 36.6 Å². The maximum absolute atomic E-state index is 3.54. The van der Waals surface area contributed by atoms with E-state index in [1.165, 1.54) is 51.9 Å². The van der Waals surface area contributed by atoms with E-state index in [-0.39, 0.29) is 0 Å². The molecule has 2 aliphatic rings. The topological polar surface area (TPSA) is 15.3 Å². The van der Waals surface area contributed by atoms with Crippen LogP contribution in [0.25, 0.3) is 0 Å². The predicted molar refractivity (Wildman–Crippen MR) is 51.3 cm³/mol. The number of likely N-dealkylation sites (N-methyl/N-ethyl adjacent to an activating group) is 1. The molecule has 2 heterocycles. The van der Waals surface area contributed by atoms with Crippen LogP contribution >= 0.6 is 0 Å². The van der Waals surface area contributed by atoms with Crippen LogP contribution in [0, 0.1) is 0 Å². The van der Waals surface area contributed by atoms with Crippen LogP contribution in [0.3, 0.4) is 0 Å². The molecule has 0 bridgehead atoms. The number of hydrogen-bond donors (Lipinski definition) is 1. The molecule has 2 saturated heterocycles. The molecule has 2 rings (SSSR count). The van der Waals surface area contributed by atoms with Crippen LogP contribution in [-0.2, 0) is 0 Å². The highest BCUT2D eigenvalue weighted by molar-refractivity contribution is 4.99. The highest BCUT2D eigenvalue weighted by Crippen LogP contribution is 2.34. The molecule has 1 atom stereocenters. The average Bonchev–Trinajstić information content (AvgIpc) is 2.49. The quantitative estimate of drug-likeness (QED) is 0.633. The molecular weight excluding hydrogens is 148 g/mol. The van der Waals surface area contributed by atoms with Crippen LogP contribution in [0.2, 0.25) is 0 Å². The van der Waals surface area contributed by atoms with Gasteiger partial charge in [-0.3, -0.25) is 4.90 Å². The normalized spacial score (nSPS) is 37.8. The summed E-state index contributed by atoms with van der Waals surface area (Å²) in [5.41, 5.74) is 0.562. The summed E-state index contributed by atoms with van der Waals surface area (Å²) in [5, 5.41) is 3.54. The Morgan fingerprint density at radius 1 is 1.33 bits per heavy atom. The van der Waals surface area contributed by atoms with E-state index in [1.54, 1.807) is 0 Å².